The topological polar surface area (TPSA) is 37.9 Å². The smallest absolute Gasteiger partial charge is 0.133 e. The molecule has 3 nitrogen and oxygen atoms in total. The van der Waals surface area contributed by atoms with Crippen molar-refractivity contribution in [1.29, 1.82) is 0 Å². The predicted octanol–water partition coefficient (Wildman–Crippen LogP) is 5.37. The number of nitrogens with zero attached hydrogens (tertiary/aromatic N) is 1. The summed E-state index contributed by atoms with van der Waals surface area (Å²) >= 11 is 0. The largest absolute Gasteiger partial charge is 0.381 e. The highest BCUT2D eigenvalue weighted by molar-refractivity contribution is 5.85. The summed E-state index contributed by atoms with van der Waals surface area (Å²) in [6.07, 6.45) is 6.16. The molecule has 0 amide bonds. The van der Waals surface area contributed by atoms with E-state index in [0.717, 1.165) is 42.9 Å². The Morgan fingerprint density at radius 2 is 1.81 bits per heavy atom. The number of H-pyrrole nitrogens is 1. The van der Waals surface area contributed by atoms with Gasteiger partial charge in [0.15, 0.2) is 0 Å². The molecule has 0 atom stereocenters. The molecule has 0 bridgehead atoms. The number of allylic oxidation sites excluding steroid dienone is 1. The number of hydrogen-bond acceptors (Lipinski definition) is 2. The Kier molecular flexibility index (Phi) is 5.69. The van der Waals surface area contributed by atoms with E-state index < -0.39 is 11.6 Å². The Morgan fingerprint density at radius 3 is 2.54 bits per heavy atom. The van der Waals surface area contributed by atoms with Crippen LogP contribution in [0.25, 0.3) is 28.2 Å². The fourth-order valence-electron chi connectivity index (χ4n) is 3.17. The summed E-state index contributed by atoms with van der Waals surface area (Å²) in [4.78, 5) is 7.73. The van der Waals surface area contributed by atoms with E-state index in [9.17, 15) is 8.78 Å². The highest BCUT2D eigenvalue weighted by atomic mass is 35.5. The summed E-state index contributed by atoms with van der Waals surface area (Å²) in [5.74, 6) is 0.106. The number of aromatic nitrogens is 2. The van der Waals surface area contributed by atoms with Crippen LogP contribution in [0.15, 0.2) is 42.5 Å². The van der Waals surface area contributed by atoms with Gasteiger partial charge in [-0.3, -0.25) is 0 Å². The first-order chi connectivity index (χ1) is 12.2. The molecule has 0 unspecified atom stereocenters. The molecule has 4 rings (SSSR count). The van der Waals surface area contributed by atoms with Gasteiger partial charge in [0, 0.05) is 13.2 Å². The zero-order chi connectivity index (χ0) is 17.2. The maximum atomic E-state index is 14.0. The van der Waals surface area contributed by atoms with Crippen molar-refractivity contribution in [3.63, 3.8) is 0 Å². The first-order valence-electron chi connectivity index (χ1n) is 8.41. The van der Waals surface area contributed by atoms with Crippen LogP contribution in [0.1, 0.15) is 18.7 Å². The summed E-state index contributed by atoms with van der Waals surface area (Å²) in [5.41, 5.74) is 2.00. The van der Waals surface area contributed by atoms with Crippen LogP contribution >= 0.6 is 12.4 Å². The first-order valence-corrected chi connectivity index (χ1v) is 8.41. The minimum atomic E-state index is -0.571. The Hall–Kier alpha value is -2.24. The molecule has 1 aliphatic rings. The molecule has 3 aromatic rings. The van der Waals surface area contributed by atoms with E-state index in [4.69, 9.17) is 4.74 Å². The lowest BCUT2D eigenvalue weighted by atomic mass is 10.00. The average molecular weight is 377 g/mol. The molecule has 1 saturated heterocycles. The Labute approximate surface area is 156 Å². The molecular formula is C20H19ClF2N2O. The third kappa shape index (κ3) is 3.79. The van der Waals surface area contributed by atoms with Crippen molar-refractivity contribution in [1.82, 2.24) is 9.97 Å². The van der Waals surface area contributed by atoms with Crippen LogP contribution in [0, 0.1) is 17.6 Å². The highest BCUT2D eigenvalue weighted by Crippen LogP contribution is 2.28. The number of nitrogens with one attached hydrogen (secondary N) is 1. The van der Waals surface area contributed by atoms with Gasteiger partial charge in [0.25, 0.3) is 0 Å². The first kappa shape index (κ1) is 18.5. The van der Waals surface area contributed by atoms with Crippen LogP contribution in [-0.2, 0) is 4.74 Å². The molecule has 2 aromatic carbocycles. The van der Waals surface area contributed by atoms with Crippen LogP contribution < -0.4 is 0 Å². The maximum Gasteiger partial charge on any atom is 0.133 e. The third-order valence-corrected chi connectivity index (χ3v) is 4.54. The van der Waals surface area contributed by atoms with Crippen LogP contribution in [-0.4, -0.2) is 23.2 Å². The Bertz CT molecular complexity index is 912. The monoisotopic (exact) mass is 376 g/mol. The SMILES string of the molecule is Cl.Fc1cccc(F)c1-c1ccc2nc(/C=C/C3CCOCC3)[nH]c2c1. The quantitative estimate of drug-likeness (QED) is 0.667. The van der Waals surface area contributed by atoms with Gasteiger partial charge < -0.3 is 9.72 Å². The van der Waals surface area contributed by atoms with Crippen molar-refractivity contribution in [3.8, 4) is 11.1 Å². The molecule has 1 aliphatic heterocycles. The molecule has 1 fully saturated rings. The number of fused-ring (bicyclic) bond motifs is 1. The second kappa shape index (κ2) is 7.98. The lowest BCUT2D eigenvalue weighted by molar-refractivity contribution is 0.0787. The van der Waals surface area contributed by atoms with Gasteiger partial charge in [-0.05, 0) is 54.7 Å². The zero-order valence-corrected chi connectivity index (χ0v) is 14.9. The van der Waals surface area contributed by atoms with Gasteiger partial charge in [-0.15, -0.1) is 12.4 Å². The molecule has 1 aromatic heterocycles. The van der Waals surface area contributed by atoms with Crippen LogP contribution in [0.2, 0.25) is 0 Å². The van der Waals surface area contributed by atoms with Gasteiger partial charge in [0.05, 0.1) is 16.6 Å². The zero-order valence-electron chi connectivity index (χ0n) is 14.0. The van der Waals surface area contributed by atoms with Gasteiger partial charge in [-0.2, -0.15) is 0 Å². The van der Waals surface area contributed by atoms with Crippen molar-refractivity contribution < 1.29 is 13.5 Å². The number of aromatic amines is 1. The fourth-order valence-corrected chi connectivity index (χ4v) is 3.17. The molecule has 6 heteroatoms. The summed E-state index contributed by atoms with van der Waals surface area (Å²) in [6.45, 7) is 1.60. The van der Waals surface area contributed by atoms with Crippen LogP contribution in [0.5, 0.6) is 0 Å². The fraction of sp³-hybridized carbons (Fsp3) is 0.250. The van der Waals surface area contributed by atoms with Crippen molar-refractivity contribution in [2.45, 2.75) is 12.8 Å². The van der Waals surface area contributed by atoms with Crippen molar-refractivity contribution in [3.05, 3.63) is 59.9 Å². The molecule has 136 valence electrons. The van der Waals surface area contributed by atoms with Gasteiger partial charge in [-0.1, -0.05) is 18.2 Å². The normalized spacial score (nSPS) is 15.5. The van der Waals surface area contributed by atoms with E-state index in [0.29, 0.717) is 11.5 Å². The number of halogens is 3. The van der Waals surface area contributed by atoms with Crippen LogP contribution in [0.4, 0.5) is 8.78 Å². The van der Waals surface area contributed by atoms with E-state index in [-0.39, 0.29) is 18.0 Å². The standard InChI is InChI=1S/C20H18F2N2O.ClH/c21-15-2-1-3-16(22)20(15)14-5-6-17-18(12-14)24-19(23-17)7-4-13-8-10-25-11-9-13;/h1-7,12-13H,8-11H2,(H,23,24);1H/b7-4+;. The highest BCUT2D eigenvalue weighted by Gasteiger charge is 2.13. The predicted molar refractivity (Wildman–Crippen MR) is 101 cm³/mol. The molecule has 0 aliphatic carbocycles. The number of imidazole rings is 1. The number of benzene rings is 2. The van der Waals surface area contributed by atoms with E-state index >= 15 is 0 Å². The molecule has 1 N–H and O–H groups in total. The van der Waals surface area contributed by atoms with E-state index in [2.05, 4.69) is 16.0 Å². The Balaban J connectivity index is 0.00000196. The molecule has 0 spiro atoms. The minimum absolute atomic E-state index is 0. The molecular weight excluding hydrogens is 358 g/mol. The van der Waals surface area contributed by atoms with Gasteiger partial charge in [-0.25, -0.2) is 13.8 Å². The summed E-state index contributed by atoms with van der Waals surface area (Å²) in [5, 5.41) is 0. The summed E-state index contributed by atoms with van der Waals surface area (Å²) in [6, 6.07) is 9.09. The van der Waals surface area contributed by atoms with Crippen molar-refractivity contribution in [2.24, 2.45) is 5.92 Å². The van der Waals surface area contributed by atoms with Gasteiger partial charge in [0.2, 0.25) is 0 Å². The van der Waals surface area contributed by atoms with E-state index in [1.807, 2.05) is 6.08 Å². The number of ether oxygens (including phenoxy) is 1. The average Bonchev–Trinajstić information content (AvgIpc) is 3.03. The number of hydrogen-bond donors (Lipinski definition) is 1. The molecule has 0 radical (unpaired) electrons. The Morgan fingerprint density at radius 1 is 1.08 bits per heavy atom. The van der Waals surface area contributed by atoms with Crippen molar-refractivity contribution in [2.75, 3.05) is 13.2 Å². The second-order valence-corrected chi connectivity index (χ2v) is 6.26. The number of rotatable bonds is 3. The third-order valence-electron chi connectivity index (χ3n) is 4.54. The summed E-state index contributed by atoms with van der Waals surface area (Å²) < 4.78 is 33.3. The minimum Gasteiger partial charge on any atom is -0.381 e. The van der Waals surface area contributed by atoms with E-state index in [1.54, 1.807) is 18.2 Å². The molecule has 26 heavy (non-hydrogen) atoms. The molecule has 2 heterocycles. The maximum absolute atomic E-state index is 14.0. The lowest BCUT2D eigenvalue weighted by Crippen LogP contribution is -2.13. The van der Waals surface area contributed by atoms with Crippen LogP contribution in [0.3, 0.4) is 0 Å². The second-order valence-electron chi connectivity index (χ2n) is 6.26. The summed E-state index contributed by atoms with van der Waals surface area (Å²) in [7, 11) is 0. The van der Waals surface area contributed by atoms with E-state index in [1.165, 1.54) is 18.2 Å². The molecule has 0 saturated carbocycles. The van der Waals surface area contributed by atoms with Gasteiger partial charge in [0.1, 0.15) is 17.5 Å². The lowest BCUT2D eigenvalue weighted by Gasteiger charge is -2.18. The van der Waals surface area contributed by atoms with Gasteiger partial charge >= 0.3 is 0 Å². The van der Waals surface area contributed by atoms with Crippen molar-refractivity contribution >= 4 is 29.5 Å².